The number of rotatable bonds is 6. The highest BCUT2D eigenvalue weighted by Gasteiger charge is 2.29. The highest BCUT2D eigenvalue weighted by molar-refractivity contribution is 5.98. The van der Waals surface area contributed by atoms with Crippen LogP contribution in [0.4, 0.5) is 10.1 Å². The van der Waals surface area contributed by atoms with Crippen LogP contribution < -0.4 is 9.64 Å². The number of carbonyl (C=O) groups excluding carboxylic acids is 1. The minimum Gasteiger partial charge on any atom is -0.495 e. The Kier molecular flexibility index (Phi) is 7.28. The van der Waals surface area contributed by atoms with E-state index in [0.717, 1.165) is 47.7 Å². The lowest BCUT2D eigenvalue weighted by atomic mass is 9.97. The first-order chi connectivity index (χ1) is 17.9. The number of nitrogens with zero attached hydrogens (tertiary/aromatic N) is 4. The molecule has 3 heterocycles. The summed E-state index contributed by atoms with van der Waals surface area (Å²) in [5, 5.41) is 0. The van der Waals surface area contributed by atoms with E-state index >= 15 is 4.39 Å². The lowest BCUT2D eigenvalue weighted by molar-refractivity contribution is -0.130. The topological polar surface area (TPSA) is 59.8 Å². The van der Waals surface area contributed by atoms with Crippen molar-refractivity contribution in [3.05, 3.63) is 77.1 Å². The summed E-state index contributed by atoms with van der Waals surface area (Å²) < 4.78 is 28.2. The quantitative estimate of drug-likeness (QED) is 0.446. The number of piperidine rings is 1. The number of likely N-dealkylation sites (tertiary alicyclic amines) is 1. The minimum absolute atomic E-state index is 0.0521. The van der Waals surface area contributed by atoms with Crippen LogP contribution in [0.3, 0.4) is 0 Å². The molecular weight excluding hydrogens is 471 g/mol. The van der Waals surface area contributed by atoms with Gasteiger partial charge in [-0.3, -0.25) is 4.79 Å². The van der Waals surface area contributed by atoms with E-state index in [9.17, 15) is 4.79 Å². The Bertz CT molecular complexity index is 1310. The summed E-state index contributed by atoms with van der Waals surface area (Å²) in [6.07, 6.45) is 7.13. The van der Waals surface area contributed by atoms with E-state index in [1.54, 1.807) is 24.4 Å². The molecule has 0 unspecified atom stereocenters. The van der Waals surface area contributed by atoms with E-state index < -0.39 is 0 Å². The number of aryl methyl sites for hydroxylation is 1. The number of ether oxygens (including phenoxy) is 2. The van der Waals surface area contributed by atoms with Gasteiger partial charge in [-0.05, 0) is 62.6 Å². The van der Waals surface area contributed by atoms with Gasteiger partial charge in [0.1, 0.15) is 11.6 Å². The van der Waals surface area contributed by atoms with Gasteiger partial charge in [0.05, 0.1) is 44.1 Å². The first-order valence-electron chi connectivity index (χ1n) is 12.8. The zero-order chi connectivity index (χ0) is 25.9. The van der Waals surface area contributed by atoms with E-state index in [1.807, 2.05) is 61.0 Å². The number of hydrogen-bond acceptors (Lipinski definition) is 5. The third-order valence-corrected chi connectivity index (χ3v) is 7.19. The molecule has 7 nitrogen and oxygen atoms in total. The first kappa shape index (κ1) is 25.0. The van der Waals surface area contributed by atoms with Crippen LogP contribution in [0.5, 0.6) is 5.75 Å². The molecule has 2 saturated heterocycles. The Morgan fingerprint density at radius 3 is 2.65 bits per heavy atom. The van der Waals surface area contributed by atoms with Crippen molar-refractivity contribution < 1.29 is 18.7 Å². The molecule has 8 heteroatoms. The number of morpholine rings is 1. The zero-order valence-corrected chi connectivity index (χ0v) is 21.6. The van der Waals surface area contributed by atoms with Crippen molar-refractivity contribution >= 4 is 17.7 Å². The summed E-state index contributed by atoms with van der Waals surface area (Å²) in [4.78, 5) is 21.7. The van der Waals surface area contributed by atoms with Crippen LogP contribution in [0.25, 0.3) is 11.8 Å². The van der Waals surface area contributed by atoms with Crippen molar-refractivity contribution in [1.29, 1.82) is 0 Å². The van der Waals surface area contributed by atoms with Crippen molar-refractivity contribution in [2.45, 2.75) is 32.7 Å². The number of aromatic nitrogens is 2. The van der Waals surface area contributed by atoms with Gasteiger partial charge >= 0.3 is 0 Å². The molecule has 2 aliphatic heterocycles. The molecule has 5 rings (SSSR count). The summed E-state index contributed by atoms with van der Waals surface area (Å²) in [5.74, 6) is 0.363. The van der Waals surface area contributed by atoms with E-state index in [4.69, 9.17) is 9.47 Å². The van der Waals surface area contributed by atoms with Crippen LogP contribution >= 0.6 is 0 Å². The van der Waals surface area contributed by atoms with Crippen LogP contribution in [0.15, 0.2) is 54.5 Å². The molecule has 194 valence electrons. The molecule has 0 N–H and O–H groups in total. The SMILES string of the molecule is COc1cc(C=C2CCCN([C@H](C)c3ccc(N4CCOCC4)cc3F)C2=O)ccc1-n1cnc(C)c1. The fourth-order valence-electron chi connectivity index (χ4n) is 5.13. The van der Waals surface area contributed by atoms with E-state index in [0.29, 0.717) is 37.5 Å². The summed E-state index contributed by atoms with van der Waals surface area (Å²) in [5.41, 5.74) is 4.79. The van der Waals surface area contributed by atoms with Gasteiger partial charge in [0.2, 0.25) is 5.91 Å². The van der Waals surface area contributed by atoms with Crippen molar-refractivity contribution in [1.82, 2.24) is 14.5 Å². The summed E-state index contributed by atoms with van der Waals surface area (Å²) in [6, 6.07) is 10.8. The molecule has 2 aromatic carbocycles. The maximum atomic E-state index is 15.2. The second kappa shape index (κ2) is 10.8. The summed E-state index contributed by atoms with van der Waals surface area (Å²) in [6.45, 7) is 7.24. The van der Waals surface area contributed by atoms with Crippen molar-refractivity contribution in [2.24, 2.45) is 0 Å². The van der Waals surface area contributed by atoms with Gasteiger partial charge < -0.3 is 23.8 Å². The molecule has 2 fully saturated rings. The van der Waals surface area contributed by atoms with Crippen molar-refractivity contribution in [3.8, 4) is 11.4 Å². The Hall–Kier alpha value is -3.65. The largest absolute Gasteiger partial charge is 0.495 e. The first-order valence-corrected chi connectivity index (χ1v) is 12.8. The predicted molar refractivity (Wildman–Crippen MR) is 142 cm³/mol. The molecule has 0 radical (unpaired) electrons. The molecule has 1 aromatic heterocycles. The normalized spacial score (nSPS) is 18.4. The zero-order valence-electron chi connectivity index (χ0n) is 21.6. The van der Waals surface area contributed by atoms with Crippen LogP contribution in [0.2, 0.25) is 0 Å². The molecule has 1 atom stereocenters. The van der Waals surface area contributed by atoms with E-state index in [-0.39, 0.29) is 17.8 Å². The van der Waals surface area contributed by atoms with Gasteiger partial charge in [-0.15, -0.1) is 0 Å². The second-order valence-electron chi connectivity index (χ2n) is 9.61. The number of carbonyl (C=O) groups is 1. The van der Waals surface area contributed by atoms with Gasteiger partial charge in [0.15, 0.2) is 0 Å². The number of halogens is 1. The summed E-state index contributed by atoms with van der Waals surface area (Å²) >= 11 is 0. The van der Waals surface area contributed by atoms with Gasteiger partial charge in [-0.25, -0.2) is 9.37 Å². The second-order valence-corrected chi connectivity index (χ2v) is 9.61. The lowest BCUT2D eigenvalue weighted by Gasteiger charge is -2.35. The molecule has 0 saturated carbocycles. The van der Waals surface area contributed by atoms with Gasteiger partial charge in [-0.1, -0.05) is 12.1 Å². The molecule has 0 bridgehead atoms. The van der Waals surface area contributed by atoms with Gasteiger partial charge in [-0.2, -0.15) is 0 Å². The van der Waals surface area contributed by atoms with Crippen LogP contribution in [0.1, 0.15) is 42.6 Å². The number of hydrogen-bond donors (Lipinski definition) is 0. The van der Waals surface area contributed by atoms with Crippen LogP contribution in [-0.4, -0.2) is 60.3 Å². The Morgan fingerprint density at radius 2 is 1.95 bits per heavy atom. The minimum atomic E-state index is -0.365. The maximum Gasteiger partial charge on any atom is 0.250 e. The molecule has 1 amide bonds. The molecule has 37 heavy (non-hydrogen) atoms. The maximum absolute atomic E-state index is 15.2. The number of amides is 1. The van der Waals surface area contributed by atoms with Crippen LogP contribution in [-0.2, 0) is 9.53 Å². The fourth-order valence-corrected chi connectivity index (χ4v) is 5.13. The standard InChI is InChI=1S/C29H33FN4O3/c1-20-18-33(19-31-20)27-9-6-22(16-28(27)36-3)15-23-5-4-10-34(29(23)35)21(2)25-8-7-24(17-26(25)30)32-11-13-37-14-12-32/h6-9,15-19,21H,4-5,10-14H2,1-3H3/t21-/m1/s1. The number of methoxy groups -OCH3 is 1. The van der Waals surface area contributed by atoms with Crippen LogP contribution in [0, 0.1) is 12.7 Å². The molecule has 0 aliphatic carbocycles. The molecule has 3 aromatic rings. The number of anilines is 1. The fraction of sp³-hybridized carbons (Fsp3) is 0.379. The smallest absolute Gasteiger partial charge is 0.250 e. The predicted octanol–water partition coefficient (Wildman–Crippen LogP) is 4.93. The third kappa shape index (κ3) is 5.25. The molecule has 2 aliphatic rings. The van der Waals surface area contributed by atoms with E-state index in [2.05, 4.69) is 9.88 Å². The lowest BCUT2D eigenvalue weighted by Crippen LogP contribution is -2.39. The van der Waals surface area contributed by atoms with Crippen molar-refractivity contribution in [2.75, 3.05) is 44.9 Å². The highest BCUT2D eigenvalue weighted by Crippen LogP contribution is 2.32. The average Bonchev–Trinajstić information content (AvgIpc) is 3.35. The Balaban J connectivity index is 1.35. The summed E-state index contributed by atoms with van der Waals surface area (Å²) in [7, 11) is 1.63. The molecule has 0 spiro atoms. The van der Waals surface area contributed by atoms with Gasteiger partial charge in [0.25, 0.3) is 0 Å². The van der Waals surface area contributed by atoms with Crippen molar-refractivity contribution in [3.63, 3.8) is 0 Å². The Labute approximate surface area is 217 Å². The third-order valence-electron chi connectivity index (χ3n) is 7.19. The van der Waals surface area contributed by atoms with E-state index in [1.165, 1.54) is 0 Å². The monoisotopic (exact) mass is 504 g/mol. The Morgan fingerprint density at radius 1 is 1.14 bits per heavy atom. The number of imidazole rings is 1. The average molecular weight is 505 g/mol. The van der Waals surface area contributed by atoms with Gasteiger partial charge in [0, 0.05) is 42.7 Å². The molecular formula is C29H33FN4O3. The highest BCUT2D eigenvalue weighted by atomic mass is 19.1. The number of benzene rings is 2.